The molecule has 0 spiro atoms. The van der Waals surface area contributed by atoms with Gasteiger partial charge in [0, 0.05) is 24.6 Å². The molecule has 2 heteroatoms. The molecule has 0 aliphatic carbocycles. The van der Waals surface area contributed by atoms with E-state index >= 15 is 0 Å². The molecule has 0 aromatic heterocycles. The first-order valence-corrected chi connectivity index (χ1v) is 10.7. The number of allylic oxidation sites excluding steroid dienone is 6. The molecule has 0 aliphatic heterocycles. The summed E-state index contributed by atoms with van der Waals surface area (Å²) >= 11 is 0. The highest BCUT2D eigenvalue weighted by Gasteiger charge is 2.10. The van der Waals surface area contributed by atoms with Crippen LogP contribution < -0.4 is 5.32 Å². The predicted octanol–water partition coefficient (Wildman–Crippen LogP) is 8.24. The summed E-state index contributed by atoms with van der Waals surface area (Å²) in [7, 11) is 1.99. The third-order valence-corrected chi connectivity index (χ3v) is 4.71. The van der Waals surface area contributed by atoms with Crippen molar-refractivity contribution < 1.29 is 0 Å². The molecule has 162 valence electrons. The molecular weight excluding hydrogens is 364 g/mol. The van der Waals surface area contributed by atoms with Crippen LogP contribution in [0.1, 0.15) is 58.6 Å². The first-order valence-electron chi connectivity index (χ1n) is 10.7. The molecule has 0 saturated carbocycles. The van der Waals surface area contributed by atoms with Crippen LogP contribution in [0.5, 0.6) is 0 Å². The molecule has 0 bridgehead atoms. The monoisotopic (exact) mass is 404 g/mol. The third kappa shape index (κ3) is 8.32. The maximum Gasteiger partial charge on any atom is 0.0420 e. The topological polar surface area (TPSA) is 15.3 Å². The summed E-state index contributed by atoms with van der Waals surface area (Å²) < 4.78 is 0. The minimum atomic E-state index is 0.279. The molecule has 0 saturated heterocycles. The quantitative estimate of drug-likeness (QED) is 0.395. The Morgan fingerprint density at radius 3 is 2.47 bits per heavy atom. The molecule has 1 aromatic rings. The fraction of sp³-hybridized carbons (Fsp3) is 0.357. The number of benzene rings is 1. The van der Waals surface area contributed by atoms with Gasteiger partial charge in [-0.1, -0.05) is 83.4 Å². The van der Waals surface area contributed by atoms with Gasteiger partial charge in [-0.2, -0.15) is 0 Å². The number of hydrogen-bond acceptors (Lipinski definition) is 2. The number of nitrogens with zero attached hydrogens (tertiary/aromatic N) is 1. The molecule has 0 radical (unpaired) electrons. The number of anilines is 1. The highest BCUT2D eigenvalue weighted by Crippen LogP contribution is 2.28. The second kappa shape index (κ2) is 12.1. The summed E-state index contributed by atoms with van der Waals surface area (Å²) in [6.45, 7) is 21.3. The molecule has 0 fully saturated rings. The maximum absolute atomic E-state index is 4.32. The van der Waals surface area contributed by atoms with Crippen molar-refractivity contribution in [3.8, 4) is 0 Å². The van der Waals surface area contributed by atoms with Crippen LogP contribution in [-0.4, -0.2) is 11.9 Å². The predicted molar refractivity (Wildman–Crippen MR) is 136 cm³/mol. The van der Waals surface area contributed by atoms with E-state index in [1.54, 1.807) is 6.20 Å². The van der Waals surface area contributed by atoms with Gasteiger partial charge in [-0.3, -0.25) is 0 Å². The van der Waals surface area contributed by atoms with Gasteiger partial charge in [0.1, 0.15) is 0 Å². The second-order valence-electron chi connectivity index (χ2n) is 8.75. The maximum atomic E-state index is 4.32. The molecule has 0 amide bonds. The van der Waals surface area contributed by atoms with E-state index in [0.717, 1.165) is 35.4 Å². The Morgan fingerprint density at radius 2 is 1.90 bits per heavy atom. The SMILES string of the molecule is C=CN(C)/C=C(\C=C\C)c1cccc(NC(=C)C(/C=C\CC(C)(C)C)=C/CC)c1C. The van der Waals surface area contributed by atoms with Crippen molar-refractivity contribution in [3.63, 3.8) is 0 Å². The van der Waals surface area contributed by atoms with Crippen LogP contribution in [0.3, 0.4) is 0 Å². The van der Waals surface area contributed by atoms with Gasteiger partial charge < -0.3 is 10.2 Å². The van der Waals surface area contributed by atoms with Crippen LogP contribution in [0.4, 0.5) is 5.69 Å². The Hall–Kier alpha value is -2.74. The zero-order valence-corrected chi connectivity index (χ0v) is 20.0. The lowest BCUT2D eigenvalue weighted by molar-refractivity contribution is 0.420. The van der Waals surface area contributed by atoms with Gasteiger partial charge in [0.2, 0.25) is 0 Å². The molecule has 1 aromatic carbocycles. The van der Waals surface area contributed by atoms with E-state index in [1.165, 1.54) is 11.1 Å². The molecule has 2 nitrogen and oxygen atoms in total. The summed E-state index contributed by atoms with van der Waals surface area (Å²) in [4.78, 5) is 1.97. The van der Waals surface area contributed by atoms with Crippen molar-refractivity contribution in [3.05, 3.63) is 96.5 Å². The fourth-order valence-electron chi connectivity index (χ4n) is 3.02. The van der Waals surface area contributed by atoms with E-state index in [0.29, 0.717) is 0 Å². The Kier molecular flexibility index (Phi) is 10.2. The van der Waals surface area contributed by atoms with E-state index in [4.69, 9.17) is 0 Å². The van der Waals surface area contributed by atoms with Crippen LogP contribution in [0.2, 0.25) is 0 Å². The zero-order valence-electron chi connectivity index (χ0n) is 20.0. The van der Waals surface area contributed by atoms with Gasteiger partial charge in [-0.15, -0.1) is 0 Å². The molecule has 1 N–H and O–H groups in total. The van der Waals surface area contributed by atoms with E-state index < -0.39 is 0 Å². The smallest absolute Gasteiger partial charge is 0.0420 e. The molecule has 1 rings (SSSR count). The van der Waals surface area contributed by atoms with Gasteiger partial charge in [0.15, 0.2) is 0 Å². The van der Waals surface area contributed by atoms with Crippen LogP contribution in [0, 0.1) is 12.3 Å². The van der Waals surface area contributed by atoms with Crippen molar-refractivity contribution >= 4 is 11.3 Å². The molecule has 30 heavy (non-hydrogen) atoms. The van der Waals surface area contributed by atoms with E-state index in [2.05, 4.69) is 108 Å². The van der Waals surface area contributed by atoms with Gasteiger partial charge >= 0.3 is 0 Å². The molecule has 0 aliphatic rings. The van der Waals surface area contributed by atoms with Crippen molar-refractivity contribution in [2.75, 3.05) is 12.4 Å². The Morgan fingerprint density at radius 1 is 1.20 bits per heavy atom. The minimum Gasteiger partial charge on any atom is -0.357 e. The molecular formula is C28H40N2. The Labute approximate surface area is 185 Å². The summed E-state index contributed by atoms with van der Waals surface area (Å²) in [5, 5.41) is 3.55. The number of rotatable bonds is 10. The fourth-order valence-corrected chi connectivity index (χ4v) is 3.02. The largest absolute Gasteiger partial charge is 0.357 e. The van der Waals surface area contributed by atoms with Crippen LogP contribution in [-0.2, 0) is 0 Å². The minimum absolute atomic E-state index is 0.279. The van der Waals surface area contributed by atoms with Crippen LogP contribution in [0.25, 0.3) is 5.57 Å². The first-order chi connectivity index (χ1) is 14.1. The van der Waals surface area contributed by atoms with Crippen molar-refractivity contribution in [1.29, 1.82) is 0 Å². The summed E-state index contributed by atoms with van der Waals surface area (Å²) in [6.07, 6.45) is 16.7. The Bertz CT molecular complexity index is 842. The van der Waals surface area contributed by atoms with Crippen molar-refractivity contribution in [2.24, 2.45) is 5.41 Å². The standard InChI is InChI=1S/C28H40N2/c1-10-15-24(17-14-20-28(6,7)8)23(5)29-27-19-13-18-26(22(27)4)25(16-11-2)21-30(9)12-3/h11-19,21,29H,3,5,10,20H2,1-2,4,6-9H3/b16-11+,17-14-,24-15+,25-21+. The van der Waals surface area contributed by atoms with Crippen LogP contribution >= 0.6 is 0 Å². The molecule has 0 unspecified atom stereocenters. The summed E-state index contributed by atoms with van der Waals surface area (Å²) in [5.74, 6) is 0. The van der Waals surface area contributed by atoms with Gasteiger partial charge in [0.25, 0.3) is 0 Å². The average molecular weight is 405 g/mol. The highest BCUT2D eigenvalue weighted by molar-refractivity contribution is 5.79. The van der Waals surface area contributed by atoms with Gasteiger partial charge in [0.05, 0.1) is 0 Å². The van der Waals surface area contributed by atoms with E-state index in [9.17, 15) is 0 Å². The van der Waals surface area contributed by atoms with Crippen molar-refractivity contribution in [2.45, 2.75) is 54.4 Å². The third-order valence-electron chi connectivity index (χ3n) is 4.71. The molecule has 0 atom stereocenters. The van der Waals surface area contributed by atoms with Crippen LogP contribution in [0.15, 0.2) is 85.4 Å². The lowest BCUT2D eigenvalue weighted by Gasteiger charge is -2.18. The normalized spacial score (nSPS) is 13.2. The first kappa shape index (κ1) is 25.3. The van der Waals surface area contributed by atoms with Gasteiger partial charge in [-0.25, -0.2) is 0 Å². The Balaban J connectivity index is 3.20. The summed E-state index contributed by atoms with van der Waals surface area (Å²) in [5.41, 5.74) is 6.92. The average Bonchev–Trinajstić information content (AvgIpc) is 2.67. The molecule has 0 heterocycles. The second-order valence-corrected chi connectivity index (χ2v) is 8.75. The van der Waals surface area contributed by atoms with E-state index in [-0.39, 0.29) is 5.41 Å². The number of hydrogen-bond donors (Lipinski definition) is 1. The zero-order chi connectivity index (χ0) is 22.7. The van der Waals surface area contributed by atoms with E-state index in [1.807, 2.05) is 18.9 Å². The summed E-state index contributed by atoms with van der Waals surface area (Å²) in [6, 6.07) is 6.34. The van der Waals surface area contributed by atoms with Gasteiger partial charge in [-0.05, 0) is 66.6 Å². The number of nitrogens with one attached hydrogen (secondary N) is 1. The van der Waals surface area contributed by atoms with Crippen molar-refractivity contribution in [1.82, 2.24) is 4.90 Å². The lowest BCUT2D eigenvalue weighted by atomic mass is 9.92. The lowest BCUT2D eigenvalue weighted by Crippen LogP contribution is -2.05. The highest BCUT2D eigenvalue weighted by atomic mass is 15.0.